The van der Waals surface area contributed by atoms with Crippen LogP contribution in [0.25, 0.3) is 10.6 Å². The van der Waals surface area contributed by atoms with E-state index in [1.54, 1.807) is 12.4 Å². The van der Waals surface area contributed by atoms with Crippen molar-refractivity contribution < 1.29 is 4.79 Å². The van der Waals surface area contributed by atoms with E-state index in [9.17, 15) is 4.79 Å². The van der Waals surface area contributed by atoms with Gasteiger partial charge >= 0.3 is 0 Å². The van der Waals surface area contributed by atoms with Gasteiger partial charge in [-0.3, -0.25) is 9.78 Å². The molecule has 1 amide bonds. The molecule has 5 heteroatoms. The first kappa shape index (κ1) is 14.7. The Hall–Kier alpha value is -1.75. The van der Waals surface area contributed by atoms with Crippen LogP contribution in [0.1, 0.15) is 37.2 Å². The molecule has 0 aliphatic heterocycles. The third-order valence-corrected chi connectivity index (χ3v) is 3.80. The van der Waals surface area contributed by atoms with E-state index >= 15 is 0 Å². The van der Waals surface area contributed by atoms with Gasteiger partial charge in [0.1, 0.15) is 10.7 Å². The van der Waals surface area contributed by atoms with E-state index in [0.29, 0.717) is 5.69 Å². The maximum Gasteiger partial charge on any atom is 0.273 e. The highest BCUT2D eigenvalue weighted by Crippen LogP contribution is 2.23. The first-order chi connectivity index (χ1) is 9.76. The molecule has 0 fully saturated rings. The molecule has 0 unspecified atom stereocenters. The summed E-state index contributed by atoms with van der Waals surface area (Å²) >= 11 is 1.49. The second kappa shape index (κ2) is 7.14. The van der Waals surface area contributed by atoms with Crippen LogP contribution < -0.4 is 0 Å². The van der Waals surface area contributed by atoms with Crippen LogP contribution >= 0.6 is 11.3 Å². The number of thiazole rings is 1. The summed E-state index contributed by atoms with van der Waals surface area (Å²) in [4.78, 5) is 22.8. The molecular formula is C15H19N3OS. The van der Waals surface area contributed by atoms with E-state index in [0.717, 1.165) is 36.5 Å². The summed E-state index contributed by atoms with van der Waals surface area (Å²) in [6, 6.07) is 3.83. The fourth-order valence-electron chi connectivity index (χ4n) is 2.01. The maximum atomic E-state index is 12.4. The normalized spacial score (nSPS) is 10.5. The molecule has 0 saturated heterocycles. The summed E-state index contributed by atoms with van der Waals surface area (Å²) in [6.45, 7) is 5.73. The highest BCUT2D eigenvalue weighted by Gasteiger charge is 2.17. The van der Waals surface area contributed by atoms with Crippen LogP contribution in [0.4, 0.5) is 0 Å². The molecule has 20 heavy (non-hydrogen) atoms. The molecule has 2 aromatic rings. The molecule has 106 valence electrons. The maximum absolute atomic E-state index is 12.4. The van der Waals surface area contributed by atoms with Crippen LogP contribution in [0, 0.1) is 0 Å². The first-order valence-electron chi connectivity index (χ1n) is 6.91. The third-order valence-electron chi connectivity index (χ3n) is 2.91. The number of carbonyl (C=O) groups is 1. The number of aromatic nitrogens is 2. The van der Waals surface area contributed by atoms with Crippen molar-refractivity contribution in [3.63, 3.8) is 0 Å². The van der Waals surface area contributed by atoms with Gasteiger partial charge in [-0.25, -0.2) is 4.98 Å². The lowest BCUT2D eigenvalue weighted by atomic mass is 10.3. The van der Waals surface area contributed by atoms with E-state index in [1.165, 1.54) is 11.3 Å². The van der Waals surface area contributed by atoms with E-state index in [1.807, 2.05) is 22.4 Å². The van der Waals surface area contributed by atoms with Crippen molar-refractivity contribution in [3.8, 4) is 10.6 Å². The molecule has 0 radical (unpaired) electrons. The van der Waals surface area contributed by atoms with Crippen LogP contribution in [-0.4, -0.2) is 33.9 Å². The Bertz CT molecular complexity index is 547. The highest BCUT2D eigenvalue weighted by molar-refractivity contribution is 7.13. The molecular weight excluding hydrogens is 270 g/mol. The topological polar surface area (TPSA) is 46.1 Å². The number of hydrogen-bond acceptors (Lipinski definition) is 4. The molecule has 0 N–H and O–H groups in total. The zero-order valence-corrected chi connectivity index (χ0v) is 12.7. The summed E-state index contributed by atoms with van der Waals surface area (Å²) in [5, 5.41) is 2.68. The number of hydrogen-bond donors (Lipinski definition) is 0. The van der Waals surface area contributed by atoms with E-state index in [4.69, 9.17) is 0 Å². The van der Waals surface area contributed by atoms with Gasteiger partial charge in [-0.05, 0) is 25.0 Å². The predicted molar refractivity (Wildman–Crippen MR) is 81.8 cm³/mol. The number of pyridine rings is 1. The SMILES string of the molecule is CCCN(CCC)C(=O)c1csc(-c2cccnc2)n1. The lowest BCUT2D eigenvalue weighted by Gasteiger charge is -2.20. The Morgan fingerprint density at radius 2 is 2.05 bits per heavy atom. The van der Waals surface area contributed by atoms with Crippen LogP contribution in [0.3, 0.4) is 0 Å². The molecule has 0 atom stereocenters. The Kier molecular flexibility index (Phi) is 5.24. The Morgan fingerprint density at radius 1 is 1.30 bits per heavy atom. The molecule has 2 rings (SSSR count). The molecule has 0 aliphatic rings. The van der Waals surface area contributed by atoms with E-state index in [-0.39, 0.29) is 5.91 Å². The van der Waals surface area contributed by atoms with Crippen molar-refractivity contribution >= 4 is 17.2 Å². The second-order valence-electron chi connectivity index (χ2n) is 4.57. The third kappa shape index (κ3) is 3.42. The summed E-state index contributed by atoms with van der Waals surface area (Å²) in [5.74, 6) is 0.0279. The Morgan fingerprint density at radius 3 is 2.65 bits per heavy atom. The fourth-order valence-corrected chi connectivity index (χ4v) is 2.80. The zero-order valence-electron chi connectivity index (χ0n) is 11.9. The fraction of sp³-hybridized carbons (Fsp3) is 0.400. The number of rotatable bonds is 6. The predicted octanol–water partition coefficient (Wildman–Crippen LogP) is 3.47. The first-order valence-corrected chi connectivity index (χ1v) is 7.79. The molecule has 0 aliphatic carbocycles. The quantitative estimate of drug-likeness (QED) is 0.818. The average Bonchev–Trinajstić information content (AvgIpc) is 2.97. The minimum absolute atomic E-state index is 0.0279. The number of carbonyl (C=O) groups excluding carboxylic acids is 1. The lowest BCUT2D eigenvalue weighted by Crippen LogP contribution is -2.32. The van der Waals surface area contributed by atoms with Gasteiger partial charge in [0.25, 0.3) is 5.91 Å². The minimum atomic E-state index is 0.0279. The monoisotopic (exact) mass is 289 g/mol. The van der Waals surface area contributed by atoms with E-state index in [2.05, 4.69) is 23.8 Å². The molecule has 0 saturated carbocycles. The van der Waals surface area contributed by atoms with Gasteiger partial charge in [0.15, 0.2) is 0 Å². The highest BCUT2D eigenvalue weighted by atomic mass is 32.1. The summed E-state index contributed by atoms with van der Waals surface area (Å²) < 4.78 is 0. The average molecular weight is 289 g/mol. The summed E-state index contributed by atoms with van der Waals surface area (Å²) in [5.41, 5.74) is 1.49. The van der Waals surface area contributed by atoms with Gasteiger partial charge in [0, 0.05) is 36.4 Å². The van der Waals surface area contributed by atoms with Gasteiger partial charge in [-0.1, -0.05) is 13.8 Å². The number of amides is 1. The summed E-state index contributed by atoms with van der Waals surface area (Å²) in [6.07, 6.45) is 5.42. The van der Waals surface area contributed by atoms with Crippen molar-refractivity contribution in [2.75, 3.05) is 13.1 Å². The van der Waals surface area contributed by atoms with Crippen LogP contribution in [-0.2, 0) is 0 Å². The Labute approximate surface area is 123 Å². The molecule has 0 bridgehead atoms. The van der Waals surface area contributed by atoms with Crippen molar-refractivity contribution in [2.24, 2.45) is 0 Å². The molecule has 2 heterocycles. The van der Waals surface area contributed by atoms with E-state index < -0.39 is 0 Å². The van der Waals surface area contributed by atoms with Crippen LogP contribution in [0.15, 0.2) is 29.9 Å². The minimum Gasteiger partial charge on any atom is -0.337 e. The lowest BCUT2D eigenvalue weighted by molar-refractivity contribution is 0.0750. The molecule has 0 aromatic carbocycles. The van der Waals surface area contributed by atoms with Gasteiger partial charge in [-0.2, -0.15) is 0 Å². The number of nitrogens with zero attached hydrogens (tertiary/aromatic N) is 3. The van der Waals surface area contributed by atoms with Crippen LogP contribution in [0.2, 0.25) is 0 Å². The van der Waals surface area contributed by atoms with Gasteiger partial charge in [0.05, 0.1) is 0 Å². The molecule has 4 nitrogen and oxygen atoms in total. The van der Waals surface area contributed by atoms with Crippen molar-refractivity contribution in [1.29, 1.82) is 0 Å². The standard InChI is InChI=1S/C15H19N3OS/c1-3-8-18(9-4-2)15(19)13-11-20-14(17-13)12-6-5-7-16-10-12/h5-7,10-11H,3-4,8-9H2,1-2H3. The van der Waals surface area contributed by atoms with Gasteiger partial charge < -0.3 is 4.90 Å². The van der Waals surface area contributed by atoms with Gasteiger partial charge in [-0.15, -0.1) is 11.3 Å². The van der Waals surface area contributed by atoms with Crippen LogP contribution in [0.5, 0.6) is 0 Å². The molecule has 2 aromatic heterocycles. The van der Waals surface area contributed by atoms with Crippen molar-refractivity contribution in [1.82, 2.24) is 14.9 Å². The zero-order chi connectivity index (χ0) is 14.4. The smallest absolute Gasteiger partial charge is 0.273 e. The van der Waals surface area contributed by atoms with Gasteiger partial charge in [0.2, 0.25) is 0 Å². The summed E-state index contributed by atoms with van der Waals surface area (Å²) in [7, 11) is 0. The molecule has 0 spiro atoms. The largest absolute Gasteiger partial charge is 0.337 e. The Balaban J connectivity index is 2.17. The second-order valence-corrected chi connectivity index (χ2v) is 5.43. The van der Waals surface area contributed by atoms with Crippen molar-refractivity contribution in [2.45, 2.75) is 26.7 Å². The van der Waals surface area contributed by atoms with Crippen molar-refractivity contribution in [3.05, 3.63) is 35.6 Å².